The van der Waals surface area contributed by atoms with E-state index in [0.717, 1.165) is 0 Å². The van der Waals surface area contributed by atoms with Gasteiger partial charge in [0.2, 0.25) is 5.88 Å². The van der Waals surface area contributed by atoms with Crippen LogP contribution in [0.2, 0.25) is 0 Å². The minimum absolute atomic E-state index is 0.0767. The quantitative estimate of drug-likeness (QED) is 0.803. The lowest BCUT2D eigenvalue weighted by atomic mass is 10.1. The summed E-state index contributed by atoms with van der Waals surface area (Å²) in [6, 6.07) is 3.32. The molecule has 0 aliphatic carbocycles. The van der Waals surface area contributed by atoms with Crippen LogP contribution in [0, 0.1) is 14.9 Å². The first-order valence-corrected chi connectivity index (χ1v) is 5.06. The maximum absolute atomic E-state index is 12.6. The molecule has 80 valence electrons. The van der Waals surface area contributed by atoms with Gasteiger partial charge in [0.25, 0.3) is 6.43 Å². The summed E-state index contributed by atoms with van der Waals surface area (Å²) < 4.78 is 30.6. The van der Waals surface area contributed by atoms with Crippen LogP contribution in [0.5, 0.6) is 5.88 Å². The Hall–Kier alpha value is -0.970. The summed E-state index contributed by atoms with van der Waals surface area (Å²) >= 11 is 1.92. The Labute approximate surface area is 99.2 Å². The van der Waals surface area contributed by atoms with Crippen molar-refractivity contribution in [2.45, 2.75) is 12.8 Å². The van der Waals surface area contributed by atoms with Crippen LogP contribution < -0.4 is 4.74 Å². The highest BCUT2D eigenvalue weighted by atomic mass is 127. The number of ether oxygens (including phenoxy) is 1. The molecule has 15 heavy (non-hydrogen) atoms. The molecule has 0 spiro atoms. The third-order valence-corrected chi connectivity index (χ3v) is 2.50. The second-order valence-corrected chi connectivity index (χ2v) is 3.82. The van der Waals surface area contributed by atoms with Gasteiger partial charge in [-0.3, -0.25) is 0 Å². The van der Waals surface area contributed by atoms with Gasteiger partial charge in [-0.1, -0.05) is 0 Å². The third kappa shape index (κ3) is 2.75. The SMILES string of the molecule is COc1nc(C(F)F)c(CC#N)cc1I. The van der Waals surface area contributed by atoms with E-state index in [1.165, 1.54) is 13.2 Å². The Morgan fingerprint density at radius 3 is 2.80 bits per heavy atom. The van der Waals surface area contributed by atoms with E-state index in [1.807, 2.05) is 28.7 Å². The molecule has 3 nitrogen and oxygen atoms in total. The fraction of sp³-hybridized carbons (Fsp3) is 0.333. The average molecular weight is 324 g/mol. The minimum Gasteiger partial charge on any atom is -0.480 e. The van der Waals surface area contributed by atoms with Gasteiger partial charge in [-0.25, -0.2) is 13.8 Å². The molecule has 6 heteroatoms. The molecule has 1 heterocycles. The van der Waals surface area contributed by atoms with E-state index < -0.39 is 6.43 Å². The van der Waals surface area contributed by atoms with E-state index in [-0.39, 0.29) is 23.6 Å². The van der Waals surface area contributed by atoms with Crippen LogP contribution in [-0.2, 0) is 6.42 Å². The Kier molecular flexibility index (Phi) is 4.20. The molecule has 0 aromatic carbocycles. The number of aromatic nitrogens is 1. The van der Waals surface area contributed by atoms with Gasteiger partial charge in [0.1, 0.15) is 5.69 Å². The van der Waals surface area contributed by atoms with Crippen LogP contribution in [0.3, 0.4) is 0 Å². The molecule has 0 unspecified atom stereocenters. The van der Waals surface area contributed by atoms with Crippen molar-refractivity contribution in [3.05, 3.63) is 20.9 Å². The summed E-state index contributed by atoms with van der Waals surface area (Å²) in [5.74, 6) is 0.160. The highest BCUT2D eigenvalue weighted by Crippen LogP contribution is 2.27. The number of methoxy groups -OCH3 is 1. The summed E-state index contributed by atoms with van der Waals surface area (Å²) in [5, 5.41) is 8.49. The van der Waals surface area contributed by atoms with Gasteiger partial charge < -0.3 is 4.74 Å². The van der Waals surface area contributed by atoms with Crippen molar-refractivity contribution in [3.63, 3.8) is 0 Å². The predicted octanol–water partition coefficient (Wildman–Crippen LogP) is 2.70. The molecule has 1 aromatic rings. The van der Waals surface area contributed by atoms with Crippen LogP contribution in [-0.4, -0.2) is 12.1 Å². The van der Waals surface area contributed by atoms with Gasteiger partial charge in [-0.15, -0.1) is 0 Å². The lowest BCUT2D eigenvalue weighted by Crippen LogP contribution is -2.02. The van der Waals surface area contributed by atoms with E-state index in [9.17, 15) is 8.78 Å². The number of pyridine rings is 1. The topological polar surface area (TPSA) is 45.9 Å². The van der Waals surface area contributed by atoms with Crippen LogP contribution in [0.1, 0.15) is 17.7 Å². The zero-order valence-corrected chi connectivity index (χ0v) is 9.96. The van der Waals surface area contributed by atoms with E-state index >= 15 is 0 Å². The molecule has 0 amide bonds. The Morgan fingerprint density at radius 1 is 1.67 bits per heavy atom. The van der Waals surface area contributed by atoms with Crippen molar-refractivity contribution >= 4 is 22.6 Å². The number of rotatable bonds is 3. The Balaban J connectivity index is 3.26. The van der Waals surface area contributed by atoms with Crippen molar-refractivity contribution in [2.75, 3.05) is 7.11 Å². The second-order valence-electron chi connectivity index (χ2n) is 2.66. The lowest BCUT2D eigenvalue weighted by Gasteiger charge is -2.09. The number of halogens is 3. The van der Waals surface area contributed by atoms with Crippen LogP contribution in [0.4, 0.5) is 8.78 Å². The monoisotopic (exact) mass is 324 g/mol. The van der Waals surface area contributed by atoms with Crippen molar-refractivity contribution in [1.82, 2.24) is 4.98 Å². The van der Waals surface area contributed by atoms with Crippen LogP contribution in [0.25, 0.3) is 0 Å². The highest BCUT2D eigenvalue weighted by molar-refractivity contribution is 14.1. The van der Waals surface area contributed by atoms with Crippen molar-refractivity contribution in [2.24, 2.45) is 0 Å². The van der Waals surface area contributed by atoms with E-state index in [1.54, 1.807) is 0 Å². The molecule has 0 bridgehead atoms. The van der Waals surface area contributed by atoms with E-state index in [4.69, 9.17) is 10.00 Å². The summed E-state index contributed by atoms with van der Waals surface area (Å²) in [4.78, 5) is 3.68. The summed E-state index contributed by atoms with van der Waals surface area (Å²) in [6.07, 6.45) is -2.77. The van der Waals surface area contributed by atoms with Crippen molar-refractivity contribution in [3.8, 4) is 11.9 Å². The van der Waals surface area contributed by atoms with Crippen molar-refractivity contribution in [1.29, 1.82) is 5.26 Å². The standard InChI is InChI=1S/C9H7F2IN2O/c1-15-9-6(12)4-5(2-3-13)7(14-9)8(10)11/h4,8H,2H2,1H3. The minimum atomic E-state index is -2.70. The molecule has 0 N–H and O–H groups in total. The molecule has 0 saturated heterocycles. The van der Waals surface area contributed by atoms with Crippen molar-refractivity contribution < 1.29 is 13.5 Å². The fourth-order valence-corrected chi connectivity index (χ4v) is 1.80. The largest absolute Gasteiger partial charge is 0.480 e. The van der Waals surface area contributed by atoms with Gasteiger partial charge in [-0.05, 0) is 34.2 Å². The van der Waals surface area contributed by atoms with Crippen LogP contribution >= 0.6 is 22.6 Å². The van der Waals surface area contributed by atoms with Gasteiger partial charge in [-0.2, -0.15) is 5.26 Å². The molecule has 1 aromatic heterocycles. The van der Waals surface area contributed by atoms with Gasteiger partial charge in [0.15, 0.2) is 0 Å². The summed E-state index contributed by atoms with van der Waals surface area (Å²) in [6.45, 7) is 0. The molecule has 0 aliphatic heterocycles. The molecule has 0 saturated carbocycles. The molecule has 0 fully saturated rings. The Morgan fingerprint density at radius 2 is 2.33 bits per heavy atom. The molecule has 1 rings (SSSR count). The number of nitriles is 1. The zero-order valence-electron chi connectivity index (χ0n) is 7.80. The number of nitrogens with zero attached hydrogens (tertiary/aromatic N) is 2. The van der Waals surface area contributed by atoms with Gasteiger partial charge in [0.05, 0.1) is 23.2 Å². The smallest absolute Gasteiger partial charge is 0.280 e. The first kappa shape index (κ1) is 12.1. The second kappa shape index (κ2) is 5.21. The van der Waals surface area contributed by atoms with Gasteiger partial charge in [0, 0.05) is 0 Å². The van der Waals surface area contributed by atoms with E-state index in [2.05, 4.69) is 4.98 Å². The maximum atomic E-state index is 12.6. The lowest BCUT2D eigenvalue weighted by molar-refractivity contribution is 0.144. The Bertz CT molecular complexity index is 404. The number of alkyl halides is 2. The molecule has 0 aliphatic rings. The van der Waals surface area contributed by atoms with E-state index in [0.29, 0.717) is 3.57 Å². The molecular formula is C9H7F2IN2O. The van der Waals surface area contributed by atoms with Crippen LogP contribution in [0.15, 0.2) is 6.07 Å². The fourth-order valence-electron chi connectivity index (χ4n) is 1.08. The predicted molar refractivity (Wildman–Crippen MR) is 57.8 cm³/mol. The number of hydrogen-bond acceptors (Lipinski definition) is 3. The zero-order chi connectivity index (χ0) is 11.4. The first-order chi connectivity index (χ1) is 7.10. The number of hydrogen-bond donors (Lipinski definition) is 0. The first-order valence-electron chi connectivity index (χ1n) is 3.98. The maximum Gasteiger partial charge on any atom is 0.280 e. The van der Waals surface area contributed by atoms with Gasteiger partial charge >= 0.3 is 0 Å². The third-order valence-electron chi connectivity index (χ3n) is 1.73. The highest BCUT2D eigenvalue weighted by Gasteiger charge is 2.18. The summed E-state index contributed by atoms with van der Waals surface area (Å²) in [7, 11) is 1.36. The average Bonchev–Trinajstić information content (AvgIpc) is 2.18. The molecular weight excluding hydrogens is 317 g/mol. The summed E-state index contributed by atoms with van der Waals surface area (Å²) in [5.41, 5.74) is -0.133. The normalized spacial score (nSPS) is 10.1. The molecule has 0 atom stereocenters. The molecule has 0 radical (unpaired) electrons.